The molecular formula is C18H23N5O. The minimum absolute atomic E-state index is 0.152. The molecule has 0 bridgehead atoms. The Morgan fingerprint density at radius 3 is 2.46 bits per heavy atom. The Morgan fingerprint density at radius 2 is 1.88 bits per heavy atom. The first kappa shape index (κ1) is 16.2. The highest BCUT2D eigenvalue weighted by molar-refractivity contribution is 5.80. The molecule has 0 aliphatic carbocycles. The van der Waals surface area contributed by atoms with Crippen molar-refractivity contribution in [2.45, 2.75) is 39.8 Å². The molecule has 1 amide bonds. The molecule has 0 aliphatic rings. The van der Waals surface area contributed by atoms with E-state index in [2.05, 4.69) is 45.1 Å². The fourth-order valence-electron chi connectivity index (χ4n) is 3.02. The number of nitrogens with zero attached hydrogens (tertiary/aromatic N) is 5. The summed E-state index contributed by atoms with van der Waals surface area (Å²) >= 11 is 0. The highest BCUT2D eigenvalue weighted by atomic mass is 16.1. The van der Waals surface area contributed by atoms with E-state index in [-0.39, 0.29) is 12.3 Å². The van der Waals surface area contributed by atoms with Gasteiger partial charge in [0.15, 0.2) is 0 Å². The Labute approximate surface area is 141 Å². The largest absolute Gasteiger partial charge is 0.337 e. The van der Waals surface area contributed by atoms with Gasteiger partial charge in [-0.15, -0.1) is 0 Å². The van der Waals surface area contributed by atoms with Crippen LogP contribution in [0.1, 0.15) is 26.0 Å². The average molecular weight is 325 g/mol. The number of fused-ring (bicyclic) bond motifs is 1. The number of aromatic nitrogens is 4. The summed E-state index contributed by atoms with van der Waals surface area (Å²) in [5.74, 6) is -0.152. The highest BCUT2D eigenvalue weighted by Crippen LogP contribution is 2.13. The quantitative estimate of drug-likeness (QED) is 0.722. The van der Waals surface area contributed by atoms with Crippen molar-refractivity contribution >= 4 is 16.9 Å². The molecule has 2 aromatic heterocycles. The number of amides is 1. The molecule has 0 fully saturated rings. The maximum atomic E-state index is 12.5. The van der Waals surface area contributed by atoms with Crippen LogP contribution in [-0.4, -0.2) is 24.6 Å². The van der Waals surface area contributed by atoms with E-state index in [1.807, 2.05) is 23.7 Å². The fraction of sp³-hybridized carbons (Fsp3) is 0.389. The van der Waals surface area contributed by atoms with Crippen LogP contribution in [0.4, 0.5) is 0 Å². The van der Waals surface area contributed by atoms with Crippen molar-refractivity contribution in [3.63, 3.8) is 0 Å². The third kappa shape index (κ3) is 2.91. The number of benzene rings is 1. The van der Waals surface area contributed by atoms with Crippen molar-refractivity contribution < 1.29 is 4.79 Å². The van der Waals surface area contributed by atoms with Gasteiger partial charge < -0.3 is 13.7 Å². The minimum Gasteiger partial charge on any atom is -0.337 e. The Kier molecular flexibility index (Phi) is 4.64. The van der Waals surface area contributed by atoms with E-state index in [4.69, 9.17) is 0 Å². The number of carbonyl (C=O) groups excluding carboxylic acids is 1. The lowest BCUT2D eigenvalue weighted by Gasteiger charge is -2.03. The summed E-state index contributed by atoms with van der Waals surface area (Å²) in [4.78, 5) is 21.0. The Bertz CT molecular complexity index is 928. The van der Waals surface area contributed by atoms with Gasteiger partial charge in [0.25, 0.3) is 5.91 Å². The van der Waals surface area contributed by atoms with Gasteiger partial charge in [-0.3, -0.25) is 4.79 Å². The van der Waals surface area contributed by atoms with E-state index < -0.39 is 0 Å². The number of aryl methyl sites for hydroxylation is 3. The minimum atomic E-state index is -0.152. The summed E-state index contributed by atoms with van der Waals surface area (Å²) < 4.78 is 6.09. The van der Waals surface area contributed by atoms with Crippen molar-refractivity contribution in [1.82, 2.24) is 18.7 Å². The normalized spacial score (nSPS) is 12.2. The van der Waals surface area contributed by atoms with Gasteiger partial charge in [0.2, 0.25) is 5.62 Å². The maximum Gasteiger partial charge on any atom is 0.254 e. The van der Waals surface area contributed by atoms with E-state index in [0.29, 0.717) is 0 Å². The zero-order valence-corrected chi connectivity index (χ0v) is 14.4. The van der Waals surface area contributed by atoms with Crippen LogP contribution in [0.2, 0.25) is 0 Å². The van der Waals surface area contributed by atoms with Crippen LogP contribution >= 0.6 is 0 Å². The number of rotatable bonds is 5. The first-order chi connectivity index (χ1) is 11.7. The van der Waals surface area contributed by atoms with Crippen molar-refractivity contribution in [1.29, 1.82) is 0 Å². The van der Waals surface area contributed by atoms with Gasteiger partial charge in [0, 0.05) is 32.0 Å². The Hall–Kier alpha value is -2.63. The summed E-state index contributed by atoms with van der Waals surface area (Å²) in [6.07, 6.45) is 4.65. The Balaban J connectivity index is 2.11. The van der Waals surface area contributed by atoms with Gasteiger partial charge in [-0.1, -0.05) is 19.1 Å². The number of carbonyl (C=O) groups is 1. The lowest BCUT2D eigenvalue weighted by molar-refractivity contribution is -0.117. The third-order valence-corrected chi connectivity index (χ3v) is 4.18. The van der Waals surface area contributed by atoms with E-state index >= 15 is 0 Å². The van der Waals surface area contributed by atoms with Crippen molar-refractivity contribution in [2.24, 2.45) is 12.0 Å². The summed E-state index contributed by atoms with van der Waals surface area (Å²) in [5.41, 5.74) is 3.83. The van der Waals surface area contributed by atoms with Gasteiger partial charge >= 0.3 is 0 Å². The second-order valence-corrected chi connectivity index (χ2v) is 5.86. The first-order valence-electron chi connectivity index (χ1n) is 8.36. The lowest BCUT2D eigenvalue weighted by atomic mass is 10.3. The molecule has 3 rings (SSSR count). The standard InChI is InChI=1S/C18H23N5O/c1-4-10-23-16-9-7-6-8-15(16)22(5-2)18(23)20-17(24)11-14-12-19-13-21(14)3/h6-9,12-13H,4-5,10-11H2,1-3H3. The van der Waals surface area contributed by atoms with Gasteiger partial charge in [0.05, 0.1) is 23.8 Å². The molecule has 1 aromatic carbocycles. The molecule has 0 unspecified atom stereocenters. The molecule has 0 radical (unpaired) electrons. The van der Waals surface area contributed by atoms with Crippen LogP contribution in [-0.2, 0) is 31.4 Å². The zero-order valence-electron chi connectivity index (χ0n) is 14.4. The van der Waals surface area contributed by atoms with Crippen molar-refractivity contribution in [3.8, 4) is 0 Å². The first-order valence-corrected chi connectivity index (χ1v) is 8.36. The molecule has 6 heteroatoms. The lowest BCUT2D eigenvalue weighted by Crippen LogP contribution is -2.27. The van der Waals surface area contributed by atoms with E-state index in [0.717, 1.165) is 41.9 Å². The second kappa shape index (κ2) is 6.86. The number of imidazole rings is 2. The van der Waals surface area contributed by atoms with E-state index in [1.165, 1.54) is 0 Å². The summed E-state index contributed by atoms with van der Waals surface area (Å²) in [6.45, 7) is 5.82. The second-order valence-electron chi connectivity index (χ2n) is 5.86. The molecule has 0 saturated carbocycles. The molecule has 126 valence electrons. The van der Waals surface area contributed by atoms with Crippen molar-refractivity contribution in [3.05, 3.63) is 48.1 Å². The van der Waals surface area contributed by atoms with Crippen LogP contribution in [0.15, 0.2) is 41.8 Å². The summed E-state index contributed by atoms with van der Waals surface area (Å²) in [5, 5.41) is 0. The molecule has 0 saturated heterocycles. The molecule has 3 aromatic rings. The molecule has 24 heavy (non-hydrogen) atoms. The summed E-state index contributed by atoms with van der Waals surface area (Å²) in [7, 11) is 1.88. The van der Waals surface area contributed by atoms with E-state index in [9.17, 15) is 4.79 Å². The number of hydrogen-bond donors (Lipinski definition) is 0. The van der Waals surface area contributed by atoms with Crippen LogP contribution in [0.25, 0.3) is 11.0 Å². The number of hydrogen-bond acceptors (Lipinski definition) is 2. The zero-order chi connectivity index (χ0) is 17.1. The number of para-hydroxylation sites is 2. The third-order valence-electron chi connectivity index (χ3n) is 4.18. The molecule has 6 nitrogen and oxygen atoms in total. The van der Waals surface area contributed by atoms with Gasteiger partial charge in [0.1, 0.15) is 0 Å². The van der Waals surface area contributed by atoms with E-state index in [1.54, 1.807) is 12.5 Å². The van der Waals surface area contributed by atoms with Gasteiger partial charge in [-0.25, -0.2) is 4.98 Å². The molecule has 0 N–H and O–H groups in total. The topological polar surface area (TPSA) is 57.1 Å². The fourth-order valence-corrected chi connectivity index (χ4v) is 3.02. The van der Waals surface area contributed by atoms with Crippen LogP contribution in [0.3, 0.4) is 0 Å². The SMILES string of the molecule is CCCn1c(=NC(=O)Cc2cncn2C)n(CC)c2ccccc21. The Morgan fingerprint density at radius 1 is 1.17 bits per heavy atom. The van der Waals surface area contributed by atoms with Crippen LogP contribution < -0.4 is 5.62 Å². The summed E-state index contributed by atoms with van der Waals surface area (Å²) in [6, 6.07) is 8.21. The predicted octanol–water partition coefficient (Wildman–Crippen LogP) is 2.28. The smallest absolute Gasteiger partial charge is 0.254 e. The molecular weight excluding hydrogens is 302 g/mol. The average Bonchev–Trinajstić information content (AvgIpc) is 3.10. The molecule has 2 heterocycles. The molecule has 0 spiro atoms. The molecule has 0 atom stereocenters. The predicted molar refractivity (Wildman–Crippen MR) is 93.4 cm³/mol. The highest BCUT2D eigenvalue weighted by Gasteiger charge is 2.12. The van der Waals surface area contributed by atoms with Crippen molar-refractivity contribution in [2.75, 3.05) is 0 Å². The molecule has 0 aliphatic heterocycles. The van der Waals surface area contributed by atoms with Gasteiger partial charge in [-0.05, 0) is 25.5 Å². The van der Waals surface area contributed by atoms with Crippen LogP contribution in [0, 0.1) is 0 Å². The monoisotopic (exact) mass is 325 g/mol. The van der Waals surface area contributed by atoms with Gasteiger partial charge in [-0.2, -0.15) is 4.99 Å². The van der Waals surface area contributed by atoms with Crippen LogP contribution in [0.5, 0.6) is 0 Å². The maximum absolute atomic E-state index is 12.5.